The number of aliphatic imine (C=N–C) groups is 1. The van der Waals surface area contributed by atoms with Gasteiger partial charge in [0.1, 0.15) is 18.1 Å². The Morgan fingerprint density at radius 2 is 1.93 bits per heavy atom. The van der Waals surface area contributed by atoms with Crippen molar-refractivity contribution in [2.45, 2.75) is 20.0 Å². The second-order valence-corrected chi connectivity index (χ2v) is 6.41. The molecule has 0 spiro atoms. The SMILES string of the molecule is CCNC(=NCc1nc2ccccc2n1C)N(C)Cc1ccccc1OC. The smallest absolute Gasteiger partial charge is 0.194 e. The maximum atomic E-state index is 5.46. The maximum Gasteiger partial charge on any atom is 0.194 e. The summed E-state index contributed by atoms with van der Waals surface area (Å²) in [7, 11) is 5.76. The molecule has 0 atom stereocenters. The van der Waals surface area contributed by atoms with Crippen molar-refractivity contribution >= 4 is 17.0 Å². The van der Waals surface area contributed by atoms with E-state index in [4.69, 9.17) is 14.7 Å². The molecule has 0 fully saturated rings. The Morgan fingerprint density at radius 1 is 1.19 bits per heavy atom. The molecule has 6 nitrogen and oxygen atoms in total. The summed E-state index contributed by atoms with van der Waals surface area (Å²) in [4.78, 5) is 11.6. The van der Waals surface area contributed by atoms with Gasteiger partial charge in [0, 0.05) is 32.7 Å². The summed E-state index contributed by atoms with van der Waals surface area (Å²) in [5, 5.41) is 3.36. The van der Waals surface area contributed by atoms with E-state index >= 15 is 0 Å². The van der Waals surface area contributed by atoms with Crippen molar-refractivity contribution in [2.24, 2.45) is 12.0 Å². The number of nitrogens with zero attached hydrogens (tertiary/aromatic N) is 4. The molecule has 1 aromatic heterocycles. The fraction of sp³-hybridized carbons (Fsp3) is 0.333. The highest BCUT2D eigenvalue weighted by Crippen LogP contribution is 2.19. The number of hydrogen-bond donors (Lipinski definition) is 1. The first kappa shape index (κ1) is 18.8. The van der Waals surface area contributed by atoms with Gasteiger partial charge in [-0.25, -0.2) is 9.98 Å². The van der Waals surface area contributed by atoms with Gasteiger partial charge >= 0.3 is 0 Å². The minimum Gasteiger partial charge on any atom is -0.496 e. The molecule has 142 valence electrons. The topological polar surface area (TPSA) is 54.7 Å². The highest BCUT2D eigenvalue weighted by Gasteiger charge is 2.11. The third kappa shape index (κ3) is 4.22. The van der Waals surface area contributed by atoms with E-state index in [1.807, 2.05) is 50.5 Å². The molecule has 2 aromatic carbocycles. The molecule has 1 heterocycles. The Morgan fingerprint density at radius 3 is 2.67 bits per heavy atom. The van der Waals surface area contributed by atoms with Gasteiger partial charge in [-0.2, -0.15) is 0 Å². The van der Waals surface area contributed by atoms with E-state index in [0.29, 0.717) is 13.1 Å². The van der Waals surface area contributed by atoms with E-state index in [2.05, 4.69) is 33.8 Å². The molecule has 0 bridgehead atoms. The van der Waals surface area contributed by atoms with Gasteiger partial charge in [-0.05, 0) is 25.1 Å². The number of ether oxygens (including phenoxy) is 1. The number of nitrogens with one attached hydrogen (secondary N) is 1. The van der Waals surface area contributed by atoms with Crippen molar-refractivity contribution in [3.8, 4) is 5.75 Å². The monoisotopic (exact) mass is 365 g/mol. The molecule has 0 aliphatic rings. The summed E-state index contributed by atoms with van der Waals surface area (Å²) in [5.41, 5.74) is 3.24. The Hall–Kier alpha value is -3.02. The molecule has 0 amide bonds. The number of aryl methyl sites for hydroxylation is 1. The normalized spacial score (nSPS) is 11.6. The molecule has 0 saturated carbocycles. The number of rotatable bonds is 6. The average molecular weight is 365 g/mol. The number of para-hydroxylation sites is 3. The zero-order chi connectivity index (χ0) is 19.2. The van der Waals surface area contributed by atoms with Crippen molar-refractivity contribution in [1.29, 1.82) is 0 Å². The van der Waals surface area contributed by atoms with Gasteiger partial charge < -0.3 is 19.5 Å². The molecule has 0 aliphatic heterocycles. The van der Waals surface area contributed by atoms with Crippen LogP contribution in [-0.4, -0.2) is 41.1 Å². The summed E-state index contributed by atoms with van der Waals surface area (Å²) in [6.45, 7) is 4.10. The third-order valence-electron chi connectivity index (χ3n) is 4.55. The van der Waals surface area contributed by atoms with Gasteiger partial charge in [0.15, 0.2) is 5.96 Å². The molecule has 27 heavy (non-hydrogen) atoms. The molecule has 0 aliphatic carbocycles. The van der Waals surface area contributed by atoms with Crippen LogP contribution in [0.3, 0.4) is 0 Å². The van der Waals surface area contributed by atoms with Crippen molar-refractivity contribution in [2.75, 3.05) is 20.7 Å². The number of aromatic nitrogens is 2. The lowest BCUT2D eigenvalue weighted by atomic mass is 10.2. The van der Waals surface area contributed by atoms with Crippen LogP contribution in [0.4, 0.5) is 0 Å². The number of fused-ring (bicyclic) bond motifs is 1. The van der Waals surface area contributed by atoms with Crippen molar-refractivity contribution in [3.05, 3.63) is 59.9 Å². The number of methoxy groups -OCH3 is 1. The highest BCUT2D eigenvalue weighted by molar-refractivity contribution is 5.80. The quantitative estimate of drug-likeness (QED) is 0.538. The van der Waals surface area contributed by atoms with Crippen LogP contribution in [-0.2, 0) is 20.1 Å². The first-order valence-corrected chi connectivity index (χ1v) is 9.15. The molecule has 0 saturated heterocycles. The van der Waals surface area contributed by atoms with Gasteiger partial charge in [-0.15, -0.1) is 0 Å². The molecule has 1 N–H and O–H groups in total. The van der Waals surface area contributed by atoms with E-state index in [-0.39, 0.29) is 0 Å². The lowest BCUT2D eigenvalue weighted by molar-refractivity contribution is 0.396. The Kier molecular flexibility index (Phi) is 5.96. The molecule has 3 aromatic rings. The zero-order valence-corrected chi connectivity index (χ0v) is 16.4. The summed E-state index contributed by atoms with van der Waals surface area (Å²) in [5.74, 6) is 2.67. The molecule has 0 unspecified atom stereocenters. The van der Waals surface area contributed by atoms with Crippen LogP contribution in [0.5, 0.6) is 5.75 Å². The van der Waals surface area contributed by atoms with Crippen LogP contribution >= 0.6 is 0 Å². The summed E-state index contributed by atoms with van der Waals surface area (Å²) < 4.78 is 7.56. The van der Waals surface area contributed by atoms with Crippen LogP contribution < -0.4 is 10.1 Å². The molecule has 3 rings (SSSR count). The number of imidazole rings is 1. The van der Waals surface area contributed by atoms with Gasteiger partial charge in [0.25, 0.3) is 0 Å². The summed E-state index contributed by atoms with van der Waals surface area (Å²) in [6, 6.07) is 16.2. The van der Waals surface area contributed by atoms with Gasteiger partial charge in [0.2, 0.25) is 0 Å². The number of hydrogen-bond acceptors (Lipinski definition) is 3. The van der Waals surface area contributed by atoms with Crippen LogP contribution in [0.1, 0.15) is 18.3 Å². The van der Waals surface area contributed by atoms with E-state index in [1.165, 1.54) is 0 Å². The first-order valence-electron chi connectivity index (χ1n) is 9.15. The molecular weight excluding hydrogens is 338 g/mol. The molecule has 6 heteroatoms. The van der Waals surface area contributed by atoms with Crippen LogP contribution in [0.2, 0.25) is 0 Å². The predicted molar refractivity (Wildman–Crippen MR) is 110 cm³/mol. The average Bonchev–Trinajstić information content (AvgIpc) is 3.01. The van der Waals surface area contributed by atoms with Gasteiger partial charge in [-0.3, -0.25) is 0 Å². The minimum atomic E-state index is 0.518. The van der Waals surface area contributed by atoms with Crippen molar-refractivity contribution in [3.63, 3.8) is 0 Å². The standard InChI is InChI=1S/C21H27N5O/c1-5-22-21(25(2)15-16-10-6-9-13-19(16)27-4)23-14-20-24-17-11-7-8-12-18(17)26(20)3/h6-13H,5,14-15H2,1-4H3,(H,22,23). The van der Waals surface area contributed by atoms with E-state index in [9.17, 15) is 0 Å². The fourth-order valence-electron chi connectivity index (χ4n) is 3.12. The number of guanidine groups is 1. The zero-order valence-electron chi connectivity index (χ0n) is 16.4. The minimum absolute atomic E-state index is 0.518. The Balaban J connectivity index is 1.80. The van der Waals surface area contributed by atoms with E-state index in [1.54, 1.807) is 7.11 Å². The second-order valence-electron chi connectivity index (χ2n) is 6.41. The van der Waals surface area contributed by atoms with Crippen molar-refractivity contribution in [1.82, 2.24) is 19.8 Å². The maximum absolute atomic E-state index is 5.46. The fourth-order valence-corrected chi connectivity index (χ4v) is 3.12. The van der Waals surface area contributed by atoms with E-state index in [0.717, 1.165) is 40.7 Å². The Bertz CT molecular complexity index is 931. The second kappa shape index (κ2) is 8.58. The largest absolute Gasteiger partial charge is 0.496 e. The van der Waals surface area contributed by atoms with Gasteiger partial charge in [-0.1, -0.05) is 30.3 Å². The first-order chi connectivity index (χ1) is 13.1. The van der Waals surface area contributed by atoms with Gasteiger partial charge in [0.05, 0.1) is 18.1 Å². The Labute approximate surface area is 160 Å². The van der Waals surface area contributed by atoms with Crippen LogP contribution in [0.15, 0.2) is 53.5 Å². The van der Waals surface area contributed by atoms with Crippen LogP contribution in [0.25, 0.3) is 11.0 Å². The van der Waals surface area contributed by atoms with Crippen LogP contribution in [0, 0.1) is 0 Å². The van der Waals surface area contributed by atoms with E-state index < -0.39 is 0 Å². The highest BCUT2D eigenvalue weighted by atomic mass is 16.5. The summed E-state index contributed by atoms with van der Waals surface area (Å²) >= 11 is 0. The summed E-state index contributed by atoms with van der Waals surface area (Å²) in [6.07, 6.45) is 0. The molecule has 0 radical (unpaired) electrons. The lowest BCUT2D eigenvalue weighted by Crippen LogP contribution is -2.38. The predicted octanol–water partition coefficient (Wildman–Crippen LogP) is 3.18. The lowest BCUT2D eigenvalue weighted by Gasteiger charge is -2.23. The van der Waals surface area contributed by atoms with Crippen molar-refractivity contribution < 1.29 is 4.74 Å². The third-order valence-corrected chi connectivity index (χ3v) is 4.55. The molecular formula is C21H27N5O. The number of benzene rings is 2.